The molecule has 1 heterocycles. The van der Waals surface area contributed by atoms with Crippen molar-refractivity contribution in [3.63, 3.8) is 0 Å². The zero-order valence-corrected chi connectivity index (χ0v) is 11.4. The number of nitrogens with one attached hydrogen (secondary N) is 1. The van der Waals surface area contributed by atoms with Gasteiger partial charge in [0.1, 0.15) is 5.82 Å². The molecule has 0 saturated carbocycles. The van der Waals surface area contributed by atoms with Gasteiger partial charge in [0, 0.05) is 18.7 Å². The third kappa shape index (κ3) is 3.09. The first-order valence-corrected chi connectivity index (χ1v) is 6.87. The molecule has 100 valence electrons. The van der Waals surface area contributed by atoms with Gasteiger partial charge in [0.15, 0.2) is 0 Å². The minimum atomic E-state index is -0.0496. The second-order valence-electron chi connectivity index (χ2n) is 5.18. The minimum absolute atomic E-state index is 0.0496. The van der Waals surface area contributed by atoms with Gasteiger partial charge in [0.25, 0.3) is 0 Å². The summed E-state index contributed by atoms with van der Waals surface area (Å²) in [6.07, 6.45) is 2.12. The Balaban J connectivity index is 2.02. The van der Waals surface area contributed by atoms with E-state index in [1.54, 1.807) is 6.07 Å². The number of hydrogen-bond acceptors (Lipinski definition) is 2. The summed E-state index contributed by atoms with van der Waals surface area (Å²) in [5.41, 5.74) is 2.04. The Morgan fingerprint density at radius 1 is 1.44 bits per heavy atom. The Hall–Kier alpha value is -0.930. The highest BCUT2D eigenvalue weighted by atomic mass is 19.1. The van der Waals surface area contributed by atoms with E-state index in [9.17, 15) is 4.39 Å². The van der Waals surface area contributed by atoms with Crippen molar-refractivity contribution in [1.82, 2.24) is 10.2 Å². The molecule has 0 bridgehead atoms. The van der Waals surface area contributed by atoms with Gasteiger partial charge in [-0.1, -0.05) is 19.1 Å². The average molecular weight is 250 g/mol. The van der Waals surface area contributed by atoms with E-state index >= 15 is 0 Å². The lowest BCUT2D eigenvalue weighted by molar-refractivity contribution is 0.309. The van der Waals surface area contributed by atoms with Crippen LogP contribution >= 0.6 is 0 Å². The van der Waals surface area contributed by atoms with E-state index in [2.05, 4.69) is 17.1 Å². The first-order valence-electron chi connectivity index (χ1n) is 6.87. The van der Waals surface area contributed by atoms with Crippen molar-refractivity contribution in [3.8, 4) is 0 Å². The number of likely N-dealkylation sites (tertiary alicyclic amines) is 1. The molecule has 0 aliphatic carbocycles. The Morgan fingerprint density at radius 3 is 3.00 bits per heavy atom. The topological polar surface area (TPSA) is 15.3 Å². The normalized spacial score (nSPS) is 20.5. The monoisotopic (exact) mass is 250 g/mol. The number of aryl methyl sites for hydroxylation is 1. The predicted octanol–water partition coefficient (Wildman–Crippen LogP) is 2.43. The molecule has 0 spiro atoms. The van der Waals surface area contributed by atoms with Crippen molar-refractivity contribution in [2.45, 2.75) is 26.3 Å². The molecule has 1 aromatic rings. The SMILES string of the molecule is CCc1cccc(F)c1CN1CCC(CNC)C1. The Bertz CT molecular complexity index is 392. The Kier molecular flexibility index (Phi) is 4.72. The summed E-state index contributed by atoms with van der Waals surface area (Å²) < 4.78 is 13.9. The van der Waals surface area contributed by atoms with Crippen LogP contribution < -0.4 is 5.32 Å². The van der Waals surface area contributed by atoms with Crippen LogP contribution in [0.15, 0.2) is 18.2 Å². The molecule has 3 heteroatoms. The van der Waals surface area contributed by atoms with Crippen LogP contribution in [0.1, 0.15) is 24.5 Å². The van der Waals surface area contributed by atoms with Crippen LogP contribution in [0.5, 0.6) is 0 Å². The van der Waals surface area contributed by atoms with Gasteiger partial charge >= 0.3 is 0 Å². The van der Waals surface area contributed by atoms with E-state index in [1.807, 2.05) is 19.2 Å². The third-order valence-electron chi connectivity index (χ3n) is 3.84. The lowest BCUT2D eigenvalue weighted by Gasteiger charge is -2.18. The van der Waals surface area contributed by atoms with E-state index in [-0.39, 0.29) is 5.82 Å². The van der Waals surface area contributed by atoms with Gasteiger partial charge in [-0.25, -0.2) is 4.39 Å². The van der Waals surface area contributed by atoms with Crippen molar-refractivity contribution in [3.05, 3.63) is 35.1 Å². The van der Waals surface area contributed by atoms with Gasteiger partial charge in [0.2, 0.25) is 0 Å². The fourth-order valence-corrected chi connectivity index (χ4v) is 2.85. The van der Waals surface area contributed by atoms with Gasteiger partial charge in [-0.05, 0) is 50.5 Å². The highest BCUT2D eigenvalue weighted by molar-refractivity contribution is 5.28. The molecule has 1 unspecified atom stereocenters. The molecule has 1 aliphatic heterocycles. The average Bonchev–Trinajstić information content (AvgIpc) is 2.80. The minimum Gasteiger partial charge on any atom is -0.319 e. The van der Waals surface area contributed by atoms with Crippen LogP contribution in [-0.2, 0) is 13.0 Å². The zero-order chi connectivity index (χ0) is 13.0. The summed E-state index contributed by atoms with van der Waals surface area (Å²) in [6.45, 7) is 6.08. The van der Waals surface area contributed by atoms with E-state index in [1.165, 1.54) is 6.42 Å². The highest BCUT2D eigenvalue weighted by Gasteiger charge is 2.23. The van der Waals surface area contributed by atoms with Gasteiger partial charge in [0.05, 0.1) is 0 Å². The summed E-state index contributed by atoms with van der Waals surface area (Å²) in [4.78, 5) is 2.37. The molecule has 0 aromatic heterocycles. The van der Waals surface area contributed by atoms with Crippen molar-refractivity contribution in [2.75, 3.05) is 26.7 Å². The number of rotatable bonds is 5. The zero-order valence-electron chi connectivity index (χ0n) is 11.4. The smallest absolute Gasteiger partial charge is 0.127 e. The summed E-state index contributed by atoms with van der Waals surface area (Å²) in [7, 11) is 1.99. The van der Waals surface area contributed by atoms with Crippen molar-refractivity contribution >= 4 is 0 Å². The molecular formula is C15H23FN2. The second kappa shape index (κ2) is 6.30. The Morgan fingerprint density at radius 2 is 2.28 bits per heavy atom. The van der Waals surface area contributed by atoms with E-state index in [0.717, 1.165) is 43.7 Å². The molecule has 0 amide bonds. The van der Waals surface area contributed by atoms with E-state index in [0.29, 0.717) is 5.92 Å². The standard InChI is InChI=1S/C15H23FN2/c1-3-13-5-4-6-15(16)14(13)11-18-8-7-12(10-18)9-17-2/h4-6,12,17H,3,7-11H2,1-2H3. The van der Waals surface area contributed by atoms with Crippen LogP contribution in [0.2, 0.25) is 0 Å². The molecule has 2 rings (SSSR count). The molecule has 1 saturated heterocycles. The van der Waals surface area contributed by atoms with Crippen LogP contribution in [0, 0.1) is 11.7 Å². The van der Waals surface area contributed by atoms with Crippen LogP contribution in [0.4, 0.5) is 4.39 Å². The number of nitrogens with zero attached hydrogens (tertiary/aromatic N) is 1. The quantitative estimate of drug-likeness (QED) is 0.863. The fraction of sp³-hybridized carbons (Fsp3) is 0.600. The van der Waals surface area contributed by atoms with Gasteiger partial charge in [-0.2, -0.15) is 0 Å². The molecule has 1 fully saturated rings. The maximum absolute atomic E-state index is 13.9. The molecule has 1 N–H and O–H groups in total. The second-order valence-corrected chi connectivity index (χ2v) is 5.18. The summed E-state index contributed by atoms with van der Waals surface area (Å²) >= 11 is 0. The number of hydrogen-bond donors (Lipinski definition) is 1. The summed E-state index contributed by atoms with van der Waals surface area (Å²) in [6, 6.07) is 5.43. The van der Waals surface area contributed by atoms with E-state index < -0.39 is 0 Å². The summed E-state index contributed by atoms with van der Waals surface area (Å²) in [5.74, 6) is 0.665. The molecule has 1 aliphatic rings. The highest BCUT2D eigenvalue weighted by Crippen LogP contribution is 2.22. The van der Waals surface area contributed by atoms with Crippen LogP contribution in [0.25, 0.3) is 0 Å². The maximum atomic E-state index is 13.9. The largest absolute Gasteiger partial charge is 0.319 e. The molecule has 1 atom stereocenters. The van der Waals surface area contributed by atoms with Gasteiger partial charge in [-0.3, -0.25) is 4.90 Å². The van der Waals surface area contributed by atoms with Gasteiger partial charge in [-0.15, -0.1) is 0 Å². The lowest BCUT2D eigenvalue weighted by atomic mass is 10.0. The molecular weight excluding hydrogens is 227 g/mol. The van der Waals surface area contributed by atoms with E-state index in [4.69, 9.17) is 0 Å². The number of benzene rings is 1. The van der Waals surface area contributed by atoms with Gasteiger partial charge < -0.3 is 5.32 Å². The summed E-state index contributed by atoms with van der Waals surface area (Å²) in [5, 5.41) is 3.23. The van der Waals surface area contributed by atoms with Crippen LogP contribution in [-0.4, -0.2) is 31.6 Å². The Labute approximate surface area is 109 Å². The lowest BCUT2D eigenvalue weighted by Crippen LogP contribution is -2.25. The number of halogens is 1. The fourth-order valence-electron chi connectivity index (χ4n) is 2.85. The van der Waals surface area contributed by atoms with Crippen LogP contribution in [0.3, 0.4) is 0 Å². The molecule has 2 nitrogen and oxygen atoms in total. The predicted molar refractivity (Wildman–Crippen MR) is 73.1 cm³/mol. The molecule has 18 heavy (non-hydrogen) atoms. The third-order valence-corrected chi connectivity index (χ3v) is 3.84. The van der Waals surface area contributed by atoms with Crippen molar-refractivity contribution in [1.29, 1.82) is 0 Å². The molecule has 1 aromatic carbocycles. The van der Waals surface area contributed by atoms with Crippen molar-refractivity contribution < 1.29 is 4.39 Å². The van der Waals surface area contributed by atoms with Crippen molar-refractivity contribution in [2.24, 2.45) is 5.92 Å². The molecule has 0 radical (unpaired) electrons. The maximum Gasteiger partial charge on any atom is 0.127 e. The first-order chi connectivity index (χ1) is 8.74. The first kappa shape index (κ1) is 13.5.